The Morgan fingerprint density at radius 3 is 2.96 bits per heavy atom. The maximum absolute atomic E-state index is 13.3. The molecule has 2 aromatic rings. The number of carbonyl (C=O) groups excluding carboxylic acids is 1. The molecule has 0 unspecified atom stereocenters. The molecule has 0 saturated carbocycles. The van der Waals surface area contributed by atoms with E-state index >= 15 is 0 Å². The van der Waals surface area contributed by atoms with Crippen molar-refractivity contribution in [3.8, 4) is 11.4 Å². The molecule has 1 aromatic heterocycles. The van der Waals surface area contributed by atoms with Gasteiger partial charge in [0.05, 0.1) is 0 Å². The number of carbonyl (C=O) groups is 2. The number of likely N-dealkylation sites (tertiary alicyclic amines) is 1. The number of hydrogen-bond acceptors (Lipinski definition) is 5. The third kappa shape index (κ3) is 3.67. The molecule has 0 bridgehead atoms. The summed E-state index contributed by atoms with van der Waals surface area (Å²) < 4.78 is 18.5. The first-order valence-electron chi connectivity index (χ1n) is 8.07. The molecule has 1 saturated heterocycles. The van der Waals surface area contributed by atoms with Crippen molar-refractivity contribution in [3.63, 3.8) is 0 Å². The maximum Gasteiger partial charge on any atom is 0.326 e. The SMILES string of the molecule is Cc1cc(-c2noc(CCC(=O)N3CCC[C@H]3C(=O)O)n2)ccc1F. The lowest BCUT2D eigenvalue weighted by atomic mass is 10.1. The number of benzene rings is 1. The molecule has 1 atom stereocenters. The van der Waals surface area contributed by atoms with Gasteiger partial charge >= 0.3 is 5.97 Å². The number of amides is 1. The first-order valence-corrected chi connectivity index (χ1v) is 8.07. The molecule has 3 rings (SSSR count). The number of aryl methyl sites for hydroxylation is 2. The summed E-state index contributed by atoms with van der Waals surface area (Å²) in [6, 6.07) is 3.78. The predicted octanol–water partition coefficient (Wildman–Crippen LogP) is 2.19. The molecule has 1 aliphatic rings. The summed E-state index contributed by atoms with van der Waals surface area (Å²) in [7, 11) is 0. The van der Waals surface area contributed by atoms with Crippen LogP contribution in [0.3, 0.4) is 0 Å². The smallest absolute Gasteiger partial charge is 0.326 e. The Bertz CT molecular complexity index is 805. The van der Waals surface area contributed by atoms with Gasteiger partial charge in [-0.25, -0.2) is 9.18 Å². The van der Waals surface area contributed by atoms with E-state index in [-0.39, 0.29) is 30.5 Å². The monoisotopic (exact) mass is 347 g/mol. The number of rotatable bonds is 5. The van der Waals surface area contributed by atoms with E-state index in [2.05, 4.69) is 10.1 Å². The number of halogens is 1. The molecule has 132 valence electrons. The van der Waals surface area contributed by atoms with Gasteiger partial charge in [-0.05, 0) is 43.5 Å². The zero-order chi connectivity index (χ0) is 18.0. The van der Waals surface area contributed by atoms with Gasteiger partial charge in [0.1, 0.15) is 11.9 Å². The average Bonchev–Trinajstić information content (AvgIpc) is 3.24. The van der Waals surface area contributed by atoms with Crippen molar-refractivity contribution in [1.29, 1.82) is 0 Å². The Balaban J connectivity index is 1.63. The van der Waals surface area contributed by atoms with Crippen molar-refractivity contribution in [3.05, 3.63) is 35.5 Å². The van der Waals surface area contributed by atoms with Crippen molar-refractivity contribution in [1.82, 2.24) is 15.0 Å². The van der Waals surface area contributed by atoms with Gasteiger partial charge in [-0.3, -0.25) is 4.79 Å². The van der Waals surface area contributed by atoms with Crippen LogP contribution in [0.1, 0.15) is 30.7 Å². The van der Waals surface area contributed by atoms with Gasteiger partial charge in [0, 0.05) is 24.9 Å². The standard InChI is InChI=1S/C17H18FN3O4/c1-10-9-11(4-5-12(10)18)16-19-14(25-20-16)6-7-15(22)21-8-2-3-13(21)17(23)24/h4-5,9,13H,2-3,6-8H2,1H3,(H,23,24)/t13-/m0/s1. The summed E-state index contributed by atoms with van der Waals surface area (Å²) >= 11 is 0. The van der Waals surface area contributed by atoms with Crippen LogP contribution in [-0.2, 0) is 16.0 Å². The number of aliphatic carboxylic acids is 1. The van der Waals surface area contributed by atoms with E-state index in [4.69, 9.17) is 9.63 Å². The van der Waals surface area contributed by atoms with Crippen LogP contribution >= 0.6 is 0 Å². The highest BCUT2D eigenvalue weighted by molar-refractivity contribution is 5.84. The quantitative estimate of drug-likeness (QED) is 0.890. The summed E-state index contributed by atoms with van der Waals surface area (Å²) in [5, 5.41) is 13.0. The topological polar surface area (TPSA) is 96.5 Å². The molecule has 25 heavy (non-hydrogen) atoms. The van der Waals surface area contributed by atoms with Crippen LogP contribution in [-0.4, -0.2) is 44.6 Å². The summed E-state index contributed by atoms with van der Waals surface area (Å²) in [6.07, 6.45) is 1.51. The lowest BCUT2D eigenvalue weighted by Gasteiger charge is -2.20. The third-order valence-corrected chi connectivity index (χ3v) is 4.30. The van der Waals surface area contributed by atoms with Gasteiger partial charge in [-0.1, -0.05) is 5.16 Å². The molecule has 0 radical (unpaired) electrons. The maximum atomic E-state index is 13.3. The highest BCUT2D eigenvalue weighted by Gasteiger charge is 2.33. The molecule has 1 amide bonds. The van der Waals surface area contributed by atoms with Gasteiger partial charge in [-0.2, -0.15) is 4.98 Å². The number of nitrogens with zero attached hydrogens (tertiary/aromatic N) is 3. The van der Waals surface area contributed by atoms with E-state index < -0.39 is 12.0 Å². The second-order valence-corrected chi connectivity index (χ2v) is 6.06. The first-order chi connectivity index (χ1) is 12.0. The molecule has 1 aromatic carbocycles. The van der Waals surface area contributed by atoms with E-state index in [1.165, 1.54) is 11.0 Å². The molecule has 2 heterocycles. The fourth-order valence-electron chi connectivity index (χ4n) is 2.94. The van der Waals surface area contributed by atoms with Crippen LogP contribution in [0.25, 0.3) is 11.4 Å². The summed E-state index contributed by atoms with van der Waals surface area (Å²) in [4.78, 5) is 29.0. The van der Waals surface area contributed by atoms with Gasteiger partial charge in [0.25, 0.3) is 0 Å². The predicted molar refractivity (Wildman–Crippen MR) is 85.1 cm³/mol. The minimum absolute atomic E-state index is 0.105. The zero-order valence-electron chi connectivity index (χ0n) is 13.7. The van der Waals surface area contributed by atoms with Gasteiger partial charge in [0.15, 0.2) is 0 Å². The largest absolute Gasteiger partial charge is 0.480 e. The van der Waals surface area contributed by atoms with Gasteiger partial charge < -0.3 is 14.5 Å². The van der Waals surface area contributed by atoms with Crippen LogP contribution < -0.4 is 0 Å². The average molecular weight is 347 g/mol. The number of aromatic nitrogens is 2. The van der Waals surface area contributed by atoms with Crippen LogP contribution in [0.4, 0.5) is 4.39 Å². The third-order valence-electron chi connectivity index (χ3n) is 4.30. The molecule has 0 spiro atoms. The van der Waals surface area contributed by atoms with Crippen molar-refractivity contribution >= 4 is 11.9 Å². The highest BCUT2D eigenvalue weighted by Crippen LogP contribution is 2.21. The molecule has 0 aliphatic carbocycles. The van der Waals surface area contributed by atoms with Gasteiger partial charge in [0.2, 0.25) is 17.6 Å². The van der Waals surface area contributed by atoms with E-state index in [0.29, 0.717) is 36.3 Å². The minimum atomic E-state index is -0.974. The Labute approximate surface area is 143 Å². The Kier molecular flexibility index (Phi) is 4.78. The van der Waals surface area contributed by atoms with Crippen LogP contribution in [0.15, 0.2) is 22.7 Å². The summed E-state index contributed by atoms with van der Waals surface area (Å²) in [6.45, 7) is 2.10. The summed E-state index contributed by atoms with van der Waals surface area (Å²) in [5.74, 6) is -0.900. The van der Waals surface area contributed by atoms with E-state index in [1.807, 2.05) is 0 Å². The first kappa shape index (κ1) is 17.1. The van der Waals surface area contributed by atoms with E-state index in [0.717, 1.165) is 0 Å². The Morgan fingerprint density at radius 2 is 2.24 bits per heavy atom. The zero-order valence-corrected chi connectivity index (χ0v) is 13.7. The normalized spacial score (nSPS) is 17.0. The fourth-order valence-corrected chi connectivity index (χ4v) is 2.94. The Morgan fingerprint density at radius 1 is 1.44 bits per heavy atom. The molecule has 1 fully saturated rings. The number of hydrogen-bond donors (Lipinski definition) is 1. The van der Waals surface area contributed by atoms with Crippen LogP contribution in [0.2, 0.25) is 0 Å². The van der Waals surface area contributed by atoms with Crippen molar-refractivity contribution in [2.45, 2.75) is 38.6 Å². The minimum Gasteiger partial charge on any atom is -0.480 e. The lowest BCUT2D eigenvalue weighted by molar-refractivity contribution is -0.148. The molecule has 8 heteroatoms. The molecular weight excluding hydrogens is 329 g/mol. The molecule has 7 nitrogen and oxygen atoms in total. The van der Waals surface area contributed by atoms with E-state index in [9.17, 15) is 14.0 Å². The Hall–Kier alpha value is -2.77. The second kappa shape index (κ2) is 7.00. The van der Waals surface area contributed by atoms with Crippen molar-refractivity contribution in [2.24, 2.45) is 0 Å². The van der Waals surface area contributed by atoms with Crippen molar-refractivity contribution < 1.29 is 23.6 Å². The highest BCUT2D eigenvalue weighted by atomic mass is 19.1. The number of carboxylic acid groups (broad SMARTS) is 1. The van der Waals surface area contributed by atoms with E-state index in [1.54, 1.807) is 19.1 Å². The second-order valence-electron chi connectivity index (χ2n) is 6.06. The fraction of sp³-hybridized carbons (Fsp3) is 0.412. The van der Waals surface area contributed by atoms with Gasteiger partial charge in [-0.15, -0.1) is 0 Å². The molecular formula is C17H18FN3O4. The van der Waals surface area contributed by atoms with Crippen LogP contribution in [0.5, 0.6) is 0 Å². The molecule has 1 aliphatic heterocycles. The van der Waals surface area contributed by atoms with Crippen LogP contribution in [0, 0.1) is 12.7 Å². The number of carboxylic acids is 1. The van der Waals surface area contributed by atoms with Crippen molar-refractivity contribution in [2.75, 3.05) is 6.54 Å². The molecule has 1 N–H and O–H groups in total. The summed E-state index contributed by atoms with van der Waals surface area (Å²) in [5.41, 5.74) is 1.11. The lowest BCUT2D eigenvalue weighted by Crippen LogP contribution is -2.40.